The van der Waals surface area contributed by atoms with Crippen LogP contribution in [0.5, 0.6) is 0 Å². The molecule has 19 heavy (non-hydrogen) atoms. The van der Waals surface area contributed by atoms with Crippen molar-refractivity contribution in [1.82, 2.24) is 4.90 Å². The summed E-state index contributed by atoms with van der Waals surface area (Å²) in [4.78, 5) is 25.2. The first-order valence-electron chi connectivity index (χ1n) is 6.23. The molecule has 0 spiro atoms. The molecule has 0 N–H and O–H groups in total. The fourth-order valence-corrected chi connectivity index (χ4v) is 2.51. The van der Waals surface area contributed by atoms with Crippen molar-refractivity contribution in [3.63, 3.8) is 0 Å². The van der Waals surface area contributed by atoms with Crippen LogP contribution in [0.25, 0.3) is 0 Å². The normalized spacial score (nSPS) is 19.5. The lowest BCUT2D eigenvalue weighted by Gasteiger charge is -2.40. The third-order valence-corrected chi connectivity index (χ3v) is 3.74. The summed E-state index contributed by atoms with van der Waals surface area (Å²) in [6, 6.07) is 9.29. The Labute approximate surface area is 118 Å². The van der Waals surface area contributed by atoms with Crippen molar-refractivity contribution >= 4 is 24.5 Å². The molecule has 1 amide bonds. The zero-order valence-electron chi connectivity index (χ0n) is 10.8. The van der Waals surface area contributed by atoms with E-state index < -0.39 is 11.3 Å². The van der Waals surface area contributed by atoms with Gasteiger partial charge in [0.05, 0.1) is 12.4 Å². The van der Waals surface area contributed by atoms with Crippen molar-refractivity contribution in [1.29, 1.82) is 0 Å². The van der Waals surface area contributed by atoms with Gasteiger partial charge in [0.25, 0.3) is 0 Å². The first kappa shape index (κ1) is 13.9. The molecule has 1 fully saturated rings. The number of hydrogen-bond acceptors (Lipinski definition) is 4. The van der Waals surface area contributed by atoms with E-state index in [2.05, 4.69) is 17.4 Å². The van der Waals surface area contributed by atoms with E-state index in [-0.39, 0.29) is 11.9 Å². The van der Waals surface area contributed by atoms with Gasteiger partial charge in [-0.1, -0.05) is 30.3 Å². The van der Waals surface area contributed by atoms with Crippen LogP contribution in [-0.2, 0) is 20.7 Å². The molecule has 1 heterocycles. The fourth-order valence-electron chi connectivity index (χ4n) is 2.15. The predicted octanol–water partition coefficient (Wildman–Crippen LogP) is 1.30. The number of carbonyl (C=O) groups excluding carboxylic acids is 2. The van der Waals surface area contributed by atoms with Crippen molar-refractivity contribution in [2.24, 2.45) is 0 Å². The largest absolute Gasteiger partial charge is 0.467 e. The van der Waals surface area contributed by atoms with Crippen molar-refractivity contribution in [2.75, 3.05) is 13.7 Å². The molecule has 1 aliphatic rings. The summed E-state index contributed by atoms with van der Waals surface area (Å²) in [6.07, 6.45) is 1.23. The lowest BCUT2D eigenvalue weighted by Crippen LogP contribution is -2.57. The lowest BCUT2D eigenvalue weighted by molar-refractivity contribution is -0.159. The van der Waals surface area contributed by atoms with E-state index >= 15 is 0 Å². The molecule has 0 aliphatic carbocycles. The maximum atomic E-state index is 12.2. The van der Waals surface area contributed by atoms with Crippen LogP contribution in [0.1, 0.15) is 12.0 Å². The molecular weight excluding hydrogens is 262 g/mol. The number of hydrogen-bond donors (Lipinski definition) is 1. The number of carbonyl (C=O) groups is 2. The number of rotatable bonds is 4. The highest BCUT2D eigenvalue weighted by atomic mass is 32.1. The van der Waals surface area contributed by atoms with E-state index in [1.807, 2.05) is 30.3 Å². The van der Waals surface area contributed by atoms with E-state index in [4.69, 9.17) is 0 Å². The van der Waals surface area contributed by atoms with Crippen LogP contribution in [0.4, 0.5) is 0 Å². The van der Waals surface area contributed by atoms with E-state index in [1.165, 1.54) is 7.11 Å². The van der Waals surface area contributed by atoms with Crippen LogP contribution in [0, 0.1) is 0 Å². The van der Waals surface area contributed by atoms with Gasteiger partial charge in [-0.2, -0.15) is 12.6 Å². The monoisotopic (exact) mass is 279 g/mol. The Kier molecular flexibility index (Phi) is 4.47. The topological polar surface area (TPSA) is 46.6 Å². The third kappa shape index (κ3) is 3.10. The summed E-state index contributed by atoms with van der Waals surface area (Å²) in [5, 5.41) is -0.421. The van der Waals surface area contributed by atoms with Crippen LogP contribution in [0.2, 0.25) is 0 Å². The standard InChI is InChI=1S/C14H17NO3S/c1-18-14(17)11-7-8-15(11)13(16)12(19)9-10-5-3-2-4-6-10/h2-6,11-12,19H,7-9H2,1H3. The van der Waals surface area contributed by atoms with E-state index in [0.717, 1.165) is 5.56 Å². The minimum Gasteiger partial charge on any atom is -0.467 e. The molecule has 1 aromatic carbocycles. The quantitative estimate of drug-likeness (QED) is 0.667. The number of likely N-dealkylation sites (tertiary alicyclic amines) is 1. The van der Waals surface area contributed by atoms with Gasteiger partial charge in [0.15, 0.2) is 0 Å². The number of benzene rings is 1. The molecule has 0 radical (unpaired) electrons. The molecule has 1 aliphatic heterocycles. The average molecular weight is 279 g/mol. The first-order chi connectivity index (χ1) is 9.13. The van der Waals surface area contributed by atoms with Crippen LogP contribution in [-0.4, -0.2) is 41.7 Å². The van der Waals surface area contributed by atoms with Gasteiger partial charge in [0.1, 0.15) is 6.04 Å². The molecule has 0 aromatic heterocycles. The van der Waals surface area contributed by atoms with Crippen LogP contribution in [0.15, 0.2) is 30.3 Å². The molecule has 2 atom stereocenters. The van der Waals surface area contributed by atoms with Gasteiger partial charge in [-0.15, -0.1) is 0 Å². The second-order valence-corrected chi connectivity index (χ2v) is 5.19. The van der Waals surface area contributed by atoms with Crippen molar-refractivity contribution in [3.8, 4) is 0 Å². The second-order valence-electron chi connectivity index (χ2n) is 4.56. The lowest BCUT2D eigenvalue weighted by atomic mass is 10.0. The zero-order chi connectivity index (χ0) is 13.8. The second kappa shape index (κ2) is 6.10. The van der Waals surface area contributed by atoms with Crippen LogP contribution in [0.3, 0.4) is 0 Å². The number of amides is 1. The van der Waals surface area contributed by atoms with Crippen molar-refractivity contribution < 1.29 is 14.3 Å². The van der Waals surface area contributed by atoms with Crippen molar-refractivity contribution in [3.05, 3.63) is 35.9 Å². The predicted molar refractivity (Wildman–Crippen MR) is 75.1 cm³/mol. The van der Waals surface area contributed by atoms with Crippen LogP contribution >= 0.6 is 12.6 Å². The highest BCUT2D eigenvalue weighted by Gasteiger charge is 2.40. The Morgan fingerprint density at radius 1 is 1.42 bits per heavy atom. The molecular formula is C14H17NO3S. The van der Waals surface area contributed by atoms with Gasteiger partial charge in [-0.3, -0.25) is 4.79 Å². The Morgan fingerprint density at radius 3 is 2.63 bits per heavy atom. The van der Waals surface area contributed by atoms with E-state index in [9.17, 15) is 9.59 Å². The minimum atomic E-state index is -0.428. The van der Waals surface area contributed by atoms with E-state index in [0.29, 0.717) is 19.4 Å². The summed E-state index contributed by atoms with van der Waals surface area (Å²) in [7, 11) is 1.34. The molecule has 2 rings (SSSR count). The zero-order valence-corrected chi connectivity index (χ0v) is 11.7. The highest BCUT2D eigenvalue weighted by Crippen LogP contribution is 2.22. The summed E-state index contributed by atoms with van der Waals surface area (Å²) in [5.74, 6) is -0.450. The molecule has 2 unspecified atom stereocenters. The Balaban J connectivity index is 1.94. The van der Waals surface area contributed by atoms with Gasteiger partial charge < -0.3 is 9.64 Å². The summed E-state index contributed by atoms with van der Waals surface area (Å²) in [6.45, 7) is 0.602. The third-order valence-electron chi connectivity index (χ3n) is 3.33. The maximum absolute atomic E-state index is 12.2. The minimum absolute atomic E-state index is 0.103. The molecule has 0 saturated carbocycles. The number of ether oxygens (including phenoxy) is 1. The molecule has 1 saturated heterocycles. The summed E-state index contributed by atoms with van der Waals surface area (Å²) in [5.41, 5.74) is 1.06. The SMILES string of the molecule is COC(=O)C1CCN1C(=O)C(S)Cc1ccccc1. The number of nitrogens with zero attached hydrogens (tertiary/aromatic N) is 1. The Hall–Kier alpha value is -1.49. The van der Waals surface area contributed by atoms with Gasteiger partial charge in [0, 0.05) is 6.54 Å². The Morgan fingerprint density at radius 2 is 2.11 bits per heavy atom. The number of thiol groups is 1. The average Bonchev–Trinajstić information content (AvgIpc) is 2.38. The molecule has 5 heteroatoms. The molecule has 0 bridgehead atoms. The Bertz CT molecular complexity index is 463. The van der Waals surface area contributed by atoms with Gasteiger partial charge in [0.2, 0.25) is 5.91 Å². The molecule has 4 nitrogen and oxygen atoms in total. The number of methoxy groups -OCH3 is 1. The highest BCUT2D eigenvalue weighted by molar-refractivity contribution is 7.81. The first-order valence-corrected chi connectivity index (χ1v) is 6.75. The van der Waals surface area contributed by atoms with Crippen LogP contribution < -0.4 is 0 Å². The summed E-state index contributed by atoms with van der Waals surface area (Å²) >= 11 is 4.36. The van der Waals surface area contributed by atoms with Gasteiger partial charge in [-0.05, 0) is 18.4 Å². The number of esters is 1. The maximum Gasteiger partial charge on any atom is 0.328 e. The summed E-state index contributed by atoms with van der Waals surface area (Å²) < 4.78 is 4.67. The van der Waals surface area contributed by atoms with Crippen molar-refractivity contribution in [2.45, 2.75) is 24.1 Å². The molecule has 102 valence electrons. The molecule has 1 aromatic rings. The van der Waals surface area contributed by atoms with Gasteiger partial charge in [-0.25, -0.2) is 4.79 Å². The van der Waals surface area contributed by atoms with E-state index in [1.54, 1.807) is 4.90 Å². The fraction of sp³-hybridized carbons (Fsp3) is 0.429. The van der Waals surface area contributed by atoms with Gasteiger partial charge >= 0.3 is 5.97 Å². The smallest absolute Gasteiger partial charge is 0.328 e.